The predicted octanol–water partition coefficient (Wildman–Crippen LogP) is 4.30. The maximum atomic E-state index is 13.3. The van der Waals surface area contributed by atoms with Crippen LogP contribution in [0.5, 0.6) is 0 Å². The molecule has 2 N–H and O–H groups in total. The van der Waals surface area contributed by atoms with Gasteiger partial charge in [-0.3, -0.25) is 14.4 Å². The van der Waals surface area contributed by atoms with Crippen LogP contribution in [0.2, 0.25) is 0 Å². The largest absolute Gasteiger partial charge is 0.342 e. The van der Waals surface area contributed by atoms with Crippen LogP contribution in [0.15, 0.2) is 24.3 Å². The van der Waals surface area contributed by atoms with Crippen LogP contribution in [0.1, 0.15) is 93.5 Å². The molecular weight excluding hydrogens is 438 g/mol. The first-order valence-corrected chi connectivity index (χ1v) is 13.9. The van der Waals surface area contributed by atoms with Crippen LogP contribution in [-0.2, 0) is 9.59 Å². The molecule has 6 nitrogen and oxygen atoms in total. The molecule has 3 aliphatic rings. The number of carbonyl (C=O) groups excluding carboxylic acids is 3. The van der Waals surface area contributed by atoms with Gasteiger partial charge in [0.15, 0.2) is 5.78 Å². The van der Waals surface area contributed by atoms with E-state index in [1.807, 2.05) is 36.9 Å². The van der Waals surface area contributed by atoms with Crippen LogP contribution in [0.25, 0.3) is 0 Å². The molecular formula is C29H43N3O3. The molecule has 2 amide bonds. The van der Waals surface area contributed by atoms with Crippen molar-refractivity contribution in [2.75, 3.05) is 26.2 Å². The van der Waals surface area contributed by atoms with Crippen molar-refractivity contribution < 1.29 is 14.4 Å². The van der Waals surface area contributed by atoms with Crippen LogP contribution < -0.4 is 10.6 Å². The van der Waals surface area contributed by atoms with Crippen LogP contribution in [0.3, 0.4) is 0 Å². The SMILES string of the molecule is CC(C)C(=O)C(NC(=O)c1cccc(C2CCCN(C(=O)CNCC3CC3)C2)c1)C1CCCCC1. The molecule has 0 spiro atoms. The minimum absolute atomic E-state index is 0.0990. The van der Waals surface area contributed by atoms with Gasteiger partial charge in [-0.05, 0) is 74.6 Å². The standard InChI is InChI=1S/C29H43N3O3/c1-20(2)28(34)27(22-8-4-3-5-9-22)31-29(35)24-11-6-10-23(16-24)25-12-7-15-32(19-25)26(33)18-30-17-21-13-14-21/h6,10-11,16,20-22,25,27,30H,3-5,7-9,12-15,17-19H2,1-2H3,(H,31,35). The fourth-order valence-corrected chi connectivity index (χ4v) is 5.70. The Morgan fingerprint density at radius 1 is 1.00 bits per heavy atom. The van der Waals surface area contributed by atoms with E-state index in [1.165, 1.54) is 19.3 Å². The second kappa shape index (κ2) is 12.2. The van der Waals surface area contributed by atoms with Crippen molar-refractivity contribution in [3.8, 4) is 0 Å². The molecule has 2 saturated carbocycles. The first-order chi connectivity index (χ1) is 16.9. The first-order valence-electron chi connectivity index (χ1n) is 13.9. The lowest BCUT2D eigenvalue weighted by Gasteiger charge is -2.33. The molecule has 0 bridgehead atoms. The predicted molar refractivity (Wildman–Crippen MR) is 138 cm³/mol. The number of carbonyl (C=O) groups is 3. The zero-order chi connectivity index (χ0) is 24.8. The van der Waals surface area contributed by atoms with E-state index in [1.54, 1.807) is 0 Å². The minimum Gasteiger partial charge on any atom is -0.342 e. The summed E-state index contributed by atoms with van der Waals surface area (Å²) in [6.07, 6.45) is 10.0. The molecule has 2 aliphatic carbocycles. The van der Waals surface area contributed by atoms with Crippen molar-refractivity contribution in [1.29, 1.82) is 0 Å². The molecule has 4 rings (SSSR count). The highest BCUT2D eigenvalue weighted by atomic mass is 16.2. The van der Waals surface area contributed by atoms with E-state index < -0.39 is 6.04 Å². The Morgan fingerprint density at radius 3 is 2.49 bits per heavy atom. The third kappa shape index (κ3) is 7.16. The summed E-state index contributed by atoms with van der Waals surface area (Å²) in [5.74, 6) is 1.28. The van der Waals surface area contributed by atoms with Gasteiger partial charge in [0.1, 0.15) is 0 Å². The summed E-state index contributed by atoms with van der Waals surface area (Å²) in [5, 5.41) is 6.43. The first kappa shape index (κ1) is 25.9. The normalized spacial score (nSPS) is 22.1. The molecule has 1 aromatic rings. The van der Waals surface area contributed by atoms with E-state index in [0.29, 0.717) is 18.7 Å². The summed E-state index contributed by atoms with van der Waals surface area (Å²) < 4.78 is 0. The molecule has 3 fully saturated rings. The van der Waals surface area contributed by atoms with Crippen LogP contribution in [-0.4, -0.2) is 54.7 Å². The highest BCUT2D eigenvalue weighted by Gasteiger charge is 2.32. The molecule has 1 heterocycles. The topological polar surface area (TPSA) is 78.5 Å². The van der Waals surface area contributed by atoms with Crippen molar-refractivity contribution >= 4 is 17.6 Å². The van der Waals surface area contributed by atoms with Gasteiger partial charge in [-0.1, -0.05) is 45.2 Å². The van der Waals surface area contributed by atoms with Crippen molar-refractivity contribution in [3.63, 3.8) is 0 Å². The zero-order valence-electron chi connectivity index (χ0n) is 21.6. The smallest absolute Gasteiger partial charge is 0.251 e. The van der Waals surface area contributed by atoms with Crippen LogP contribution in [0, 0.1) is 17.8 Å². The number of benzene rings is 1. The summed E-state index contributed by atoms with van der Waals surface area (Å²) in [7, 11) is 0. The number of hydrogen-bond acceptors (Lipinski definition) is 4. The fourth-order valence-electron chi connectivity index (χ4n) is 5.70. The fraction of sp³-hybridized carbons (Fsp3) is 0.690. The summed E-state index contributed by atoms with van der Waals surface area (Å²) in [4.78, 5) is 40.9. The van der Waals surface area contributed by atoms with Gasteiger partial charge in [-0.15, -0.1) is 0 Å². The number of hydrogen-bond donors (Lipinski definition) is 2. The number of nitrogens with zero attached hydrogens (tertiary/aromatic N) is 1. The van der Waals surface area contributed by atoms with Crippen molar-refractivity contribution in [2.45, 2.75) is 83.6 Å². The number of piperidine rings is 1. The van der Waals surface area contributed by atoms with E-state index in [0.717, 1.165) is 63.1 Å². The minimum atomic E-state index is -0.405. The zero-order valence-corrected chi connectivity index (χ0v) is 21.6. The van der Waals surface area contributed by atoms with Crippen molar-refractivity contribution in [2.24, 2.45) is 17.8 Å². The maximum Gasteiger partial charge on any atom is 0.251 e. The molecule has 2 atom stereocenters. The summed E-state index contributed by atoms with van der Waals surface area (Å²) >= 11 is 0. The summed E-state index contributed by atoms with van der Waals surface area (Å²) in [6.45, 7) is 6.71. The molecule has 2 unspecified atom stereocenters. The third-order valence-corrected chi connectivity index (χ3v) is 8.08. The highest BCUT2D eigenvalue weighted by Crippen LogP contribution is 2.30. The quantitative estimate of drug-likeness (QED) is 0.522. The molecule has 35 heavy (non-hydrogen) atoms. The van der Waals surface area contributed by atoms with Crippen LogP contribution >= 0.6 is 0 Å². The molecule has 192 valence electrons. The number of Topliss-reactive ketones (excluding diaryl/α,β-unsaturated/α-hetero) is 1. The number of rotatable bonds is 10. The number of ketones is 1. The summed E-state index contributed by atoms with van der Waals surface area (Å²) in [5.41, 5.74) is 1.71. The van der Waals surface area contributed by atoms with E-state index >= 15 is 0 Å². The number of amides is 2. The van der Waals surface area contributed by atoms with E-state index in [2.05, 4.69) is 16.7 Å². The number of nitrogens with one attached hydrogen (secondary N) is 2. The Kier molecular flexibility index (Phi) is 8.99. The van der Waals surface area contributed by atoms with Gasteiger partial charge in [0.2, 0.25) is 5.91 Å². The van der Waals surface area contributed by atoms with Crippen LogP contribution in [0.4, 0.5) is 0 Å². The van der Waals surface area contributed by atoms with Gasteiger partial charge in [-0.2, -0.15) is 0 Å². The van der Waals surface area contributed by atoms with Gasteiger partial charge in [0, 0.05) is 30.5 Å². The molecule has 0 aromatic heterocycles. The average molecular weight is 482 g/mol. The number of likely N-dealkylation sites (tertiary alicyclic amines) is 1. The highest BCUT2D eigenvalue weighted by molar-refractivity contribution is 5.98. The van der Waals surface area contributed by atoms with E-state index in [-0.39, 0.29) is 35.4 Å². The molecule has 1 aromatic carbocycles. The molecule has 1 aliphatic heterocycles. The Balaban J connectivity index is 1.38. The van der Waals surface area contributed by atoms with Gasteiger partial charge < -0.3 is 15.5 Å². The second-order valence-corrected chi connectivity index (χ2v) is 11.3. The Hall–Kier alpha value is -2.21. The van der Waals surface area contributed by atoms with E-state index in [9.17, 15) is 14.4 Å². The lowest BCUT2D eigenvalue weighted by atomic mass is 9.80. The third-order valence-electron chi connectivity index (χ3n) is 8.08. The van der Waals surface area contributed by atoms with Crippen molar-refractivity contribution in [1.82, 2.24) is 15.5 Å². The monoisotopic (exact) mass is 481 g/mol. The lowest BCUT2D eigenvalue weighted by molar-refractivity contribution is -0.131. The van der Waals surface area contributed by atoms with Gasteiger partial charge in [-0.25, -0.2) is 0 Å². The van der Waals surface area contributed by atoms with Crippen molar-refractivity contribution in [3.05, 3.63) is 35.4 Å². The molecule has 0 radical (unpaired) electrons. The van der Waals surface area contributed by atoms with Gasteiger partial charge in [0.25, 0.3) is 5.91 Å². The average Bonchev–Trinajstić information content (AvgIpc) is 3.72. The Bertz CT molecular complexity index is 889. The lowest BCUT2D eigenvalue weighted by Crippen LogP contribution is -2.48. The van der Waals surface area contributed by atoms with Gasteiger partial charge >= 0.3 is 0 Å². The Labute approximate surface area is 210 Å². The maximum absolute atomic E-state index is 13.3. The van der Waals surface area contributed by atoms with Gasteiger partial charge in [0.05, 0.1) is 12.6 Å². The molecule has 6 heteroatoms. The second-order valence-electron chi connectivity index (χ2n) is 11.3. The molecule has 1 saturated heterocycles. The Morgan fingerprint density at radius 2 is 1.77 bits per heavy atom. The summed E-state index contributed by atoms with van der Waals surface area (Å²) in [6, 6.07) is 7.40. The van der Waals surface area contributed by atoms with E-state index in [4.69, 9.17) is 0 Å².